The van der Waals surface area contributed by atoms with Crippen LogP contribution in [0.2, 0.25) is 0 Å². The number of ether oxygens (including phenoxy) is 3. The summed E-state index contributed by atoms with van der Waals surface area (Å²) in [6.45, 7) is 4.99. The molecular formula is C32H35N3O6S. The first-order valence-electron chi connectivity index (χ1n) is 14.3. The van der Waals surface area contributed by atoms with E-state index in [2.05, 4.69) is 0 Å². The molecule has 0 aromatic heterocycles. The van der Waals surface area contributed by atoms with E-state index < -0.39 is 12.0 Å². The Bertz CT molecular complexity index is 1440. The lowest BCUT2D eigenvalue weighted by molar-refractivity contribution is -0.151. The maximum atomic E-state index is 13.6. The number of carbonyl (C=O) groups is 3. The highest BCUT2D eigenvalue weighted by Gasteiger charge is 2.42. The van der Waals surface area contributed by atoms with E-state index in [1.54, 1.807) is 11.8 Å². The lowest BCUT2D eigenvalue weighted by Gasteiger charge is -2.37. The minimum absolute atomic E-state index is 0.0816. The van der Waals surface area contributed by atoms with Gasteiger partial charge in [-0.15, -0.1) is 0 Å². The number of rotatable bonds is 9. The predicted octanol–water partition coefficient (Wildman–Crippen LogP) is 5.81. The number of hydrogen-bond acceptors (Lipinski definition) is 9. The summed E-state index contributed by atoms with van der Waals surface area (Å²) in [4.78, 5) is 47.7. The largest absolute Gasteiger partial charge is 0.466 e. The Hall–Kier alpha value is -4.05. The number of methoxy groups -OCH3 is 1. The topological polar surface area (TPSA) is 97.7 Å². The van der Waals surface area contributed by atoms with Gasteiger partial charge in [-0.25, -0.2) is 9.79 Å². The molecule has 1 amide bonds. The van der Waals surface area contributed by atoms with Crippen LogP contribution in [0.3, 0.4) is 0 Å². The number of benzene rings is 2. The summed E-state index contributed by atoms with van der Waals surface area (Å²) in [5.41, 5.74) is 2.62. The second kappa shape index (κ2) is 13.3. The third-order valence-corrected chi connectivity index (χ3v) is 8.40. The van der Waals surface area contributed by atoms with Crippen LogP contribution in [-0.4, -0.2) is 59.6 Å². The van der Waals surface area contributed by atoms with Crippen molar-refractivity contribution >= 4 is 34.8 Å². The molecule has 0 spiro atoms. The van der Waals surface area contributed by atoms with Crippen molar-refractivity contribution in [1.82, 2.24) is 9.80 Å². The van der Waals surface area contributed by atoms with Crippen LogP contribution < -0.4 is 4.74 Å². The summed E-state index contributed by atoms with van der Waals surface area (Å²) in [5.74, 6) is 0.198. The molecule has 9 nitrogen and oxygen atoms in total. The van der Waals surface area contributed by atoms with Gasteiger partial charge >= 0.3 is 11.9 Å². The molecule has 42 heavy (non-hydrogen) atoms. The second-order valence-corrected chi connectivity index (χ2v) is 11.0. The molecule has 2 aromatic carbocycles. The summed E-state index contributed by atoms with van der Waals surface area (Å²) in [5, 5.41) is 2.62. The average molecular weight is 590 g/mol. The zero-order valence-corrected chi connectivity index (χ0v) is 24.9. The highest BCUT2D eigenvalue weighted by molar-refractivity contribution is 8.16. The number of aliphatic imine (C=N–C) groups is 1. The highest BCUT2D eigenvalue weighted by atomic mass is 32.2. The van der Waals surface area contributed by atoms with E-state index in [1.165, 1.54) is 18.9 Å². The zero-order chi connectivity index (χ0) is 29.6. The molecule has 1 fully saturated rings. The molecule has 0 bridgehead atoms. The van der Waals surface area contributed by atoms with Gasteiger partial charge in [-0.2, -0.15) is 0 Å². The standard InChI is InChI=1S/C32H35N3O6S/c1-4-26-28(31(38)39-3)29(21-11-9-15-25(17-21)41-24-13-7-6-8-14-24)35-23(20-42-32(35)33-26)18-27(36)34-16-10-12-22(19-34)30(37)40-5-2/h6-9,11,13-15,17,20,22,29H,4-5,10,12,16,18-19H2,1-3H3. The maximum Gasteiger partial charge on any atom is 0.338 e. The van der Waals surface area contributed by atoms with E-state index in [0.717, 1.165) is 17.7 Å². The van der Waals surface area contributed by atoms with Crippen LogP contribution in [0.5, 0.6) is 11.5 Å². The Morgan fingerprint density at radius 2 is 1.83 bits per heavy atom. The molecule has 2 aromatic rings. The first-order valence-corrected chi connectivity index (χ1v) is 15.1. The van der Waals surface area contributed by atoms with Gasteiger partial charge in [-0.1, -0.05) is 49.0 Å². The fourth-order valence-electron chi connectivity index (χ4n) is 5.52. The first kappa shape index (κ1) is 29.4. The van der Waals surface area contributed by atoms with E-state index in [0.29, 0.717) is 60.5 Å². The average Bonchev–Trinajstić information content (AvgIpc) is 3.42. The van der Waals surface area contributed by atoms with E-state index >= 15 is 0 Å². The molecule has 3 aliphatic heterocycles. The lowest BCUT2D eigenvalue weighted by Crippen LogP contribution is -2.44. The van der Waals surface area contributed by atoms with Crippen molar-refractivity contribution in [2.24, 2.45) is 10.9 Å². The Morgan fingerprint density at radius 3 is 2.57 bits per heavy atom. The van der Waals surface area contributed by atoms with Gasteiger partial charge in [-0.05, 0) is 61.4 Å². The molecule has 0 radical (unpaired) electrons. The molecule has 2 atom stereocenters. The number of fused-ring (bicyclic) bond motifs is 1. The van der Waals surface area contributed by atoms with Gasteiger partial charge in [0.05, 0.1) is 43.4 Å². The van der Waals surface area contributed by atoms with Crippen LogP contribution in [0.15, 0.2) is 82.0 Å². The lowest BCUT2D eigenvalue weighted by atomic mass is 9.92. The molecule has 3 aliphatic rings. The van der Waals surface area contributed by atoms with E-state index in [1.807, 2.05) is 71.8 Å². The number of amidine groups is 1. The molecule has 0 saturated carbocycles. The number of likely N-dealkylation sites (tertiary alicyclic amines) is 1. The maximum absolute atomic E-state index is 13.6. The summed E-state index contributed by atoms with van der Waals surface area (Å²) >= 11 is 1.43. The zero-order valence-electron chi connectivity index (χ0n) is 24.1. The van der Waals surface area contributed by atoms with E-state index in [4.69, 9.17) is 19.2 Å². The molecular weight excluding hydrogens is 554 g/mol. The highest BCUT2D eigenvalue weighted by Crippen LogP contribution is 2.46. The molecule has 0 N–H and O–H groups in total. The molecule has 1 saturated heterocycles. The Morgan fingerprint density at radius 1 is 1.05 bits per heavy atom. The Balaban J connectivity index is 1.45. The minimum Gasteiger partial charge on any atom is -0.466 e. The first-order chi connectivity index (χ1) is 20.4. The number of allylic oxidation sites excluding steroid dienone is 1. The molecule has 2 unspecified atom stereocenters. The van der Waals surface area contributed by atoms with Gasteiger partial charge in [0.2, 0.25) is 5.91 Å². The number of hydrogen-bond donors (Lipinski definition) is 0. The molecule has 10 heteroatoms. The summed E-state index contributed by atoms with van der Waals surface area (Å²) in [6.07, 6.45) is 2.09. The van der Waals surface area contributed by atoms with Crippen molar-refractivity contribution in [3.8, 4) is 11.5 Å². The minimum atomic E-state index is -0.568. The normalized spacial score (nSPS) is 20.0. The smallest absolute Gasteiger partial charge is 0.338 e. The van der Waals surface area contributed by atoms with Crippen LogP contribution in [0.1, 0.15) is 51.1 Å². The third kappa shape index (κ3) is 6.23. The number of amides is 1. The van der Waals surface area contributed by atoms with Crippen molar-refractivity contribution in [3.05, 3.63) is 82.5 Å². The molecule has 5 rings (SSSR count). The van der Waals surface area contributed by atoms with Crippen molar-refractivity contribution in [1.29, 1.82) is 0 Å². The van der Waals surface area contributed by atoms with Crippen LogP contribution in [0.25, 0.3) is 0 Å². The molecule has 220 valence electrons. The molecule has 3 heterocycles. The monoisotopic (exact) mass is 589 g/mol. The van der Waals surface area contributed by atoms with Crippen LogP contribution >= 0.6 is 11.8 Å². The SMILES string of the molecule is CCOC(=O)C1CCCN(C(=O)CC2=CSC3=NC(CC)=C(C(=O)OC)C(c4cccc(Oc5ccccc5)c4)N23)C1. The van der Waals surface area contributed by atoms with Crippen molar-refractivity contribution in [2.45, 2.75) is 45.6 Å². The van der Waals surface area contributed by atoms with Crippen molar-refractivity contribution in [3.63, 3.8) is 0 Å². The van der Waals surface area contributed by atoms with Gasteiger partial charge in [0.25, 0.3) is 0 Å². The number of nitrogens with zero attached hydrogens (tertiary/aromatic N) is 3. The van der Waals surface area contributed by atoms with E-state index in [-0.39, 0.29) is 24.2 Å². The Kier molecular flexibility index (Phi) is 9.31. The van der Waals surface area contributed by atoms with Gasteiger partial charge in [0.1, 0.15) is 11.5 Å². The van der Waals surface area contributed by atoms with Gasteiger partial charge in [0, 0.05) is 18.8 Å². The molecule has 0 aliphatic carbocycles. The quantitative estimate of drug-likeness (QED) is 0.338. The predicted molar refractivity (Wildman–Crippen MR) is 161 cm³/mol. The summed E-state index contributed by atoms with van der Waals surface area (Å²) in [6, 6.07) is 16.5. The van der Waals surface area contributed by atoms with Crippen molar-refractivity contribution in [2.75, 3.05) is 26.8 Å². The second-order valence-electron chi connectivity index (χ2n) is 10.2. The summed E-state index contributed by atoms with van der Waals surface area (Å²) in [7, 11) is 1.36. The van der Waals surface area contributed by atoms with Gasteiger partial charge in [0.15, 0.2) is 5.17 Å². The summed E-state index contributed by atoms with van der Waals surface area (Å²) < 4.78 is 16.6. The van der Waals surface area contributed by atoms with E-state index in [9.17, 15) is 14.4 Å². The van der Waals surface area contributed by atoms with Gasteiger partial charge in [-0.3, -0.25) is 9.59 Å². The fraction of sp³-hybridized carbons (Fsp3) is 0.375. The number of thioether (sulfide) groups is 1. The van der Waals surface area contributed by atoms with Crippen LogP contribution in [0, 0.1) is 5.92 Å². The van der Waals surface area contributed by atoms with Crippen LogP contribution in [-0.2, 0) is 23.9 Å². The van der Waals surface area contributed by atoms with Crippen LogP contribution in [0.4, 0.5) is 0 Å². The van der Waals surface area contributed by atoms with Gasteiger partial charge < -0.3 is 24.0 Å². The number of piperidine rings is 1. The number of esters is 2. The fourth-order valence-corrected chi connectivity index (χ4v) is 6.46. The van der Waals surface area contributed by atoms with Crippen molar-refractivity contribution < 1.29 is 28.6 Å². The number of para-hydroxylation sites is 1. The number of carbonyl (C=O) groups excluding carboxylic acids is 3. The third-order valence-electron chi connectivity index (χ3n) is 7.51. The Labute approximate surface area is 250 Å².